The van der Waals surface area contributed by atoms with Gasteiger partial charge < -0.3 is 4.90 Å². The van der Waals surface area contributed by atoms with Crippen molar-refractivity contribution in [1.82, 2.24) is 0 Å². The van der Waals surface area contributed by atoms with Crippen LogP contribution >= 0.6 is 0 Å². The third-order valence-electron chi connectivity index (χ3n) is 12.3. The van der Waals surface area contributed by atoms with Crippen molar-refractivity contribution in [3.05, 3.63) is 210 Å². The topological polar surface area (TPSA) is 3.24 Å². The maximum absolute atomic E-state index is 2.52. The van der Waals surface area contributed by atoms with E-state index in [2.05, 4.69) is 221 Å². The third kappa shape index (κ3) is 5.29. The first-order valence-electron chi connectivity index (χ1n) is 19.4. The molecule has 8 aromatic rings. The van der Waals surface area contributed by atoms with Crippen molar-refractivity contribution in [1.29, 1.82) is 0 Å². The lowest BCUT2D eigenvalue weighted by Gasteiger charge is -2.28. The van der Waals surface area contributed by atoms with Gasteiger partial charge in [-0.15, -0.1) is 0 Å². The van der Waals surface area contributed by atoms with E-state index in [1.807, 2.05) is 0 Å². The van der Waals surface area contributed by atoms with Gasteiger partial charge in [0.05, 0.1) is 0 Å². The Morgan fingerprint density at radius 2 is 0.709 bits per heavy atom. The summed E-state index contributed by atoms with van der Waals surface area (Å²) < 4.78 is 0. The minimum Gasteiger partial charge on any atom is -0.310 e. The van der Waals surface area contributed by atoms with Crippen LogP contribution in [0.4, 0.5) is 17.1 Å². The number of nitrogens with zero attached hydrogens (tertiary/aromatic N) is 1. The van der Waals surface area contributed by atoms with Crippen LogP contribution in [0.3, 0.4) is 0 Å². The summed E-state index contributed by atoms with van der Waals surface area (Å²) >= 11 is 0. The van der Waals surface area contributed by atoms with E-state index < -0.39 is 0 Å². The van der Waals surface area contributed by atoms with E-state index in [1.54, 1.807) is 0 Å². The summed E-state index contributed by atoms with van der Waals surface area (Å²) in [5.41, 5.74) is 21.6. The number of hydrogen-bond acceptors (Lipinski definition) is 1. The zero-order chi connectivity index (χ0) is 37.3. The molecule has 0 spiro atoms. The molecule has 8 aromatic carbocycles. The Morgan fingerprint density at radius 3 is 1.25 bits per heavy atom. The number of fused-ring (bicyclic) bond motifs is 6. The second-order valence-corrected chi connectivity index (χ2v) is 16.2. The average Bonchev–Trinajstić information content (AvgIpc) is 3.60. The molecule has 0 saturated heterocycles. The molecule has 0 radical (unpaired) electrons. The molecular weight excluding hydrogens is 663 g/mol. The summed E-state index contributed by atoms with van der Waals surface area (Å²) in [4.78, 5) is 2.41. The zero-order valence-electron chi connectivity index (χ0n) is 31.8. The minimum atomic E-state index is -0.181. The summed E-state index contributed by atoms with van der Waals surface area (Å²) in [5.74, 6) is 0. The number of hydrogen-bond donors (Lipinski definition) is 0. The van der Waals surface area contributed by atoms with Crippen molar-refractivity contribution in [2.75, 3.05) is 4.90 Å². The standard InChI is InChI=1S/C54H43N/c1-53(2)49-33-43(55(41-27-23-38(24-28-41)36-15-8-5-9-16-36)42-29-25-39(26-30-42)37-17-10-6-11-18-37)31-32-45(49)47-34-51-48(35-50(47)53)46-22-14-21-44(52(46)54(51,3)4)40-19-12-7-13-20-40/h5-35H,1-4H3. The first-order chi connectivity index (χ1) is 26.8. The highest BCUT2D eigenvalue weighted by atomic mass is 15.1. The third-order valence-corrected chi connectivity index (χ3v) is 12.3. The molecule has 0 unspecified atom stereocenters. The minimum absolute atomic E-state index is 0.131. The second kappa shape index (κ2) is 12.6. The Labute approximate surface area is 325 Å². The van der Waals surface area contributed by atoms with Crippen LogP contribution in [0.25, 0.3) is 55.6 Å². The highest BCUT2D eigenvalue weighted by molar-refractivity contribution is 5.94. The largest absolute Gasteiger partial charge is 0.310 e. The molecule has 0 bridgehead atoms. The van der Waals surface area contributed by atoms with E-state index in [0.29, 0.717) is 0 Å². The molecule has 1 nitrogen and oxygen atoms in total. The van der Waals surface area contributed by atoms with Gasteiger partial charge >= 0.3 is 0 Å². The fourth-order valence-electron chi connectivity index (χ4n) is 9.41. The van der Waals surface area contributed by atoms with Gasteiger partial charge in [-0.2, -0.15) is 0 Å². The van der Waals surface area contributed by atoms with E-state index in [9.17, 15) is 0 Å². The molecule has 0 N–H and O–H groups in total. The molecule has 1 heteroatoms. The Bertz CT molecular complexity index is 2620. The molecule has 55 heavy (non-hydrogen) atoms. The highest BCUT2D eigenvalue weighted by Gasteiger charge is 2.43. The predicted molar refractivity (Wildman–Crippen MR) is 233 cm³/mol. The molecule has 264 valence electrons. The number of rotatable bonds is 6. The molecule has 2 aliphatic carbocycles. The first kappa shape index (κ1) is 33.2. The zero-order valence-corrected chi connectivity index (χ0v) is 31.8. The van der Waals surface area contributed by atoms with Crippen molar-refractivity contribution in [2.24, 2.45) is 0 Å². The quantitative estimate of drug-likeness (QED) is 0.166. The van der Waals surface area contributed by atoms with Gasteiger partial charge in [-0.3, -0.25) is 0 Å². The molecule has 0 atom stereocenters. The SMILES string of the molecule is CC1(C)c2cc(N(c3ccc(-c4ccccc4)cc3)c3ccc(-c4ccccc4)cc3)ccc2-c2cc3c(cc21)-c1cccc(-c2ccccc2)c1C3(C)C. The van der Waals surface area contributed by atoms with E-state index in [1.165, 1.54) is 77.9 Å². The molecule has 0 fully saturated rings. The lowest BCUT2D eigenvalue weighted by atomic mass is 9.77. The normalized spacial score (nSPS) is 14.1. The summed E-state index contributed by atoms with van der Waals surface area (Å²) in [6, 6.07) is 69.2. The van der Waals surface area contributed by atoms with Gasteiger partial charge in [0, 0.05) is 27.9 Å². The van der Waals surface area contributed by atoms with E-state index in [-0.39, 0.29) is 10.8 Å². The molecule has 10 rings (SSSR count). The van der Waals surface area contributed by atoms with Gasteiger partial charge in [-0.05, 0) is 126 Å². The smallest absolute Gasteiger partial charge is 0.0465 e. The monoisotopic (exact) mass is 705 g/mol. The molecule has 0 saturated carbocycles. The van der Waals surface area contributed by atoms with Gasteiger partial charge in [0.1, 0.15) is 0 Å². The van der Waals surface area contributed by atoms with Crippen LogP contribution in [0.1, 0.15) is 49.9 Å². The molecule has 0 heterocycles. The highest BCUT2D eigenvalue weighted by Crippen LogP contribution is 2.58. The van der Waals surface area contributed by atoms with E-state index in [4.69, 9.17) is 0 Å². The molecule has 0 amide bonds. The van der Waals surface area contributed by atoms with Crippen LogP contribution in [0.15, 0.2) is 188 Å². The van der Waals surface area contributed by atoms with Crippen molar-refractivity contribution in [3.8, 4) is 55.6 Å². The second-order valence-electron chi connectivity index (χ2n) is 16.2. The van der Waals surface area contributed by atoms with E-state index in [0.717, 1.165) is 17.1 Å². The number of anilines is 3. The lowest BCUT2D eigenvalue weighted by molar-refractivity contribution is 0.653. The van der Waals surface area contributed by atoms with Gasteiger partial charge in [0.25, 0.3) is 0 Å². The van der Waals surface area contributed by atoms with Crippen LogP contribution in [0.2, 0.25) is 0 Å². The van der Waals surface area contributed by atoms with Crippen LogP contribution in [0, 0.1) is 0 Å². The van der Waals surface area contributed by atoms with Crippen LogP contribution in [-0.4, -0.2) is 0 Å². The molecule has 0 aromatic heterocycles. The van der Waals surface area contributed by atoms with Gasteiger partial charge in [-0.25, -0.2) is 0 Å². The van der Waals surface area contributed by atoms with Crippen molar-refractivity contribution >= 4 is 17.1 Å². The average molecular weight is 706 g/mol. The fraction of sp³-hybridized carbons (Fsp3) is 0.111. The first-order valence-corrected chi connectivity index (χ1v) is 19.4. The van der Waals surface area contributed by atoms with Crippen LogP contribution < -0.4 is 4.90 Å². The Balaban J connectivity index is 1.08. The Kier molecular flexibility index (Phi) is 7.58. The summed E-state index contributed by atoms with van der Waals surface area (Å²) in [7, 11) is 0. The lowest BCUT2D eigenvalue weighted by Crippen LogP contribution is -2.18. The maximum Gasteiger partial charge on any atom is 0.0465 e. The van der Waals surface area contributed by atoms with E-state index >= 15 is 0 Å². The molecule has 0 aliphatic heterocycles. The molecule has 2 aliphatic rings. The summed E-state index contributed by atoms with van der Waals surface area (Å²) in [5, 5.41) is 0. The fourth-order valence-corrected chi connectivity index (χ4v) is 9.41. The van der Waals surface area contributed by atoms with Crippen LogP contribution in [0.5, 0.6) is 0 Å². The van der Waals surface area contributed by atoms with Gasteiger partial charge in [0.2, 0.25) is 0 Å². The number of benzene rings is 8. The Hall–Kier alpha value is -6.44. The van der Waals surface area contributed by atoms with Crippen LogP contribution in [-0.2, 0) is 10.8 Å². The van der Waals surface area contributed by atoms with Crippen molar-refractivity contribution in [3.63, 3.8) is 0 Å². The molecular formula is C54H43N. The maximum atomic E-state index is 2.52. The predicted octanol–water partition coefficient (Wildman–Crippen LogP) is 14.8. The van der Waals surface area contributed by atoms with Gasteiger partial charge in [0.15, 0.2) is 0 Å². The Morgan fingerprint density at radius 1 is 0.291 bits per heavy atom. The van der Waals surface area contributed by atoms with Crippen molar-refractivity contribution in [2.45, 2.75) is 38.5 Å². The van der Waals surface area contributed by atoms with Crippen molar-refractivity contribution < 1.29 is 0 Å². The van der Waals surface area contributed by atoms with Gasteiger partial charge in [-0.1, -0.05) is 167 Å². The summed E-state index contributed by atoms with van der Waals surface area (Å²) in [6.07, 6.45) is 0. The summed E-state index contributed by atoms with van der Waals surface area (Å²) in [6.45, 7) is 9.63.